The van der Waals surface area contributed by atoms with Crippen LogP contribution >= 0.6 is 0 Å². The van der Waals surface area contributed by atoms with Crippen LogP contribution in [0.1, 0.15) is 27.2 Å². The lowest BCUT2D eigenvalue weighted by atomic mass is 10.0. The standard InChI is InChI=1S/C12H19N/c1-11-7-5-9-12(2,3)13(4)10-6-8-11/h5-6,8-10H,7H2,1-4H3/b9-5-,10-6-,11-8-. The Bertz CT molecular complexity index is 256. The summed E-state index contributed by atoms with van der Waals surface area (Å²) in [4.78, 5) is 2.22. The van der Waals surface area contributed by atoms with Gasteiger partial charge in [0.05, 0.1) is 5.54 Å². The average molecular weight is 177 g/mol. The fourth-order valence-electron chi connectivity index (χ4n) is 1.25. The molecule has 0 aromatic rings. The molecule has 13 heavy (non-hydrogen) atoms. The second kappa shape index (κ2) is 3.82. The SMILES string of the molecule is C/C1=C/C=C\N(C)C(C)(C)/C=C\C1. The molecule has 0 radical (unpaired) electrons. The first-order valence-corrected chi connectivity index (χ1v) is 4.77. The van der Waals surface area contributed by atoms with Crippen LogP contribution in [0.5, 0.6) is 0 Å². The van der Waals surface area contributed by atoms with Gasteiger partial charge in [0.15, 0.2) is 0 Å². The lowest BCUT2D eigenvalue weighted by Crippen LogP contribution is -2.34. The number of hydrogen-bond acceptors (Lipinski definition) is 1. The fourth-order valence-corrected chi connectivity index (χ4v) is 1.25. The Labute approximate surface area is 81.4 Å². The zero-order valence-electron chi connectivity index (χ0n) is 9.04. The molecule has 0 unspecified atom stereocenters. The van der Waals surface area contributed by atoms with E-state index in [1.54, 1.807) is 0 Å². The number of rotatable bonds is 0. The summed E-state index contributed by atoms with van der Waals surface area (Å²) in [5, 5.41) is 0. The summed E-state index contributed by atoms with van der Waals surface area (Å²) in [5.74, 6) is 0. The van der Waals surface area contributed by atoms with Crippen LogP contribution in [0.3, 0.4) is 0 Å². The second-order valence-electron chi connectivity index (χ2n) is 4.23. The van der Waals surface area contributed by atoms with Gasteiger partial charge in [0.1, 0.15) is 0 Å². The van der Waals surface area contributed by atoms with E-state index in [-0.39, 0.29) is 5.54 Å². The molecule has 0 saturated carbocycles. The van der Waals surface area contributed by atoms with Crippen molar-refractivity contribution in [1.82, 2.24) is 4.90 Å². The molecule has 0 bridgehead atoms. The van der Waals surface area contributed by atoms with Gasteiger partial charge < -0.3 is 4.90 Å². The molecule has 1 aliphatic rings. The van der Waals surface area contributed by atoms with Gasteiger partial charge in [-0.3, -0.25) is 0 Å². The lowest BCUT2D eigenvalue weighted by molar-refractivity contribution is 0.286. The Morgan fingerprint density at radius 2 is 2.08 bits per heavy atom. The number of likely N-dealkylation sites (N-methyl/N-ethyl adjacent to an activating group) is 1. The molecule has 0 aromatic carbocycles. The van der Waals surface area contributed by atoms with Gasteiger partial charge in [-0.2, -0.15) is 0 Å². The van der Waals surface area contributed by atoms with Gasteiger partial charge in [-0.15, -0.1) is 0 Å². The Kier molecular flexibility index (Phi) is 2.97. The van der Waals surface area contributed by atoms with E-state index < -0.39 is 0 Å². The Hall–Kier alpha value is -0.980. The number of hydrogen-bond donors (Lipinski definition) is 0. The van der Waals surface area contributed by atoms with E-state index in [9.17, 15) is 0 Å². The van der Waals surface area contributed by atoms with Gasteiger partial charge in [0.2, 0.25) is 0 Å². The first kappa shape index (κ1) is 10.1. The summed E-state index contributed by atoms with van der Waals surface area (Å²) in [6, 6.07) is 0. The van der Waals surface area contributed by atoms with Crippen LogP contribution in [0.2, 0.25) is 0 Å². The second-order valence-corrected chi connectivity index (χ2v) is 4.23. The van der Waals surface area contributed by atoms with Gasteiger partial charge in [0, 0.05) is 7.05 Å². The fraction of sp³-hybridized carbons (Fsp3) is 0.500. The summed E-state index contributed by atoms with van der Waals surface area (Å²) in [6.07, 6.45) is 12.0. The zero-order valence-corrected chi connectivity index (χ0v) is 9.04. The minimum Gasteiger partial charge on any atom is -0.372 e. The highest BCUT2D eigenvalue weighted by Crippen LogP contribution is 2.17. The molecule has 0 atom stereocenters. The van der Waals surface area contributed by atoms with Crippen molar-refractivity contribution in [1.29, 1.82) is 0 Å². The molecule has 1 nitrogen and oxygen atoms in total. The van der Waals surface area contributed by atoms with Crippen molar-refractivity contribution in [2.45, 2.75) is 32.7 Å². The molecule has 0 saturated heterocycles. The third-order valence-electron chi connectivity index (χ3n) is 2.57. The molecular formula is C12H19N. The minimum atomic E-state index is 0.120. The largest absolute Gasteiger partial charge is 0.372 e. The molecule has 1 heterocycles. The normalized spacial score (nSPS) is 30.8. The van der Waals surface area contributed by atoms with E-state index in [2.05, 4.69) is 63.2 Å². The van der Waals surface area contributed by atoms with Crippen LogP contribution < -0.4 is 0 Å². The molecule has 1 aliphatic heterocycles. The third-order valence-corrected chi connectivity index (χ3v) is 2.57. The predicted molar refractivity (Wildman–Crippen MR) is 58.5 cm³/mol. The highest BCUT2D eigenvalue weighted by molar-refractivity contribution is 5.18. The maximum atomic E-state index is 2.26. The maximum Gasteiger partial charge on any atom is 0.0519 e. The highest BCUT2D eigenvalue weighted by atomic mass is 15.1. The van der Waals surface area contributed by atoms with E-state index in [0.717, 1.165) is 6.42 Å². The van der Waals surface area contributed by atoms with Crippen molar-refractivity contribution in [3.8, 4) is 0 Å². The molecule has 72 valence electrons. The van der Waals surface area contributed by atoms with Crippen molar-refractivity contribution >= 4 is 0 Å². The van der Waals surface area contributed by atoms with E-state index in [4.69, 9.17) is 0 Å². The van der Waals surface area contributed by atoms with Crippen LogP contribution in [0, 0.1) is 0 Å². The summed E-state index contributed by atoms with van der Waals surface area (Å²) < 4.78 is 0. The molecule has 1 heteroatoms. The molecule has 0 fully saturated rings. The first-order chi connectivity index (χ1) is 6.02. The molecule has 0 N–H and O–H groups in total. The first-order valence-electron chi connectivity index (χ1n) is 4.77. The number of nitrogens with zero attached hydrogens (tertiary/aromatic N) is 1. The van der Waals surface area contributed by atoms with E-state index >= 15 is 0 Å². The smallest absolute Gasteiger partial charge is 0.0519 e. The summed E-state index contributed by atoms with van der Waals surface area (Å²) in [5.41, 5.74) is 1.52. The van der Waals surface area contributed by atoms with Crippen molar-refractivity contribution in [2.24, 2.45) is 0 Å². The van der Waals surface area contributed by atoms with Gasteiger partial charge in [-0.1, -0.05) is 23.8 Å². The highest BCUT2D eigenvalue weighted by Gasteiger charge is 2.16. The topological polar surface area (TPSA) is 3.24 Å². The minimum absolute atomic E-state index is 0.120. The van der Waals surface area contributed by atoms with Gasteiger partial charge >= 0.3 is 0 Å². The van der Waals surface area contributed by atoms with Crippen LogP contribution in [-0.4, -0.2) is 17.5 Å². The Morgan fingerprint density at radius 3 is 2.77 bits per heavy atom. The molecule has 0 amide bonds. The Morgan fingerprint density at radius 1 is 1.38 bits per heavy atom. The monoisotopic (exact) mass is 177 g/mol. The van der Waals surface area contributed by atoms with Crippen molar-refractivity contribution in [3.05, 3.63) is 36.1 Å². The predicted octanol–water partition coefficient (Wildman–Crippen LogP) is 3.12. The Balaban J connectivity index is 2.89. The van der Waals surface area contributed by atoms with Gasteiger partial charge in [-0.25, -0.2) is 0 Å². The summed E-state index contributed by atoms with van der Waals surface area (Å²) in [7, 11) is 2.11. The van der Waals surface area contributed by atoms with Crippen LogP contribution in [-0.2, 0) is 0 Å². The lowest BCUT2D eigenvalue weighted by Gasteiger charge is -2.31. The van der Waals surface area contributed by atoms with Crippen molar-refractivity contribution in [2.75, 3.05) is 7.05 Å². The van der Waals surface area contributed by atoms with E-state index in [1.807, 2.05) is 0 Å². The van der Waals surface area contributed by atoms with E-state index in [1.165, 1.54) is 5.57 Å². The summed E-state index contributed by atoms with van der Waals surface area (Å²) >= 11 is 0. The van der Waals surface area contributed by atoms with Crippen molar-refractivity contribution < 1.29 is 0 Å². The summed E-state index contributed by atoms with van der Waals surface area (Å²) in [6.45, 7) is 6.59. The molecular weight excluding hydrogens is 158 g/mol. The third kappa shape index (κ3) is 2.76. The molecule has 0 spiro atoms. The number of allylic oxidation sites excluding steroid dienone is 4. The average Bonchev–Trinajstić information content (AvgIpc) is 2.06. The van der Waals surface area contributed by atoms with Crippen molar-refractivity contribution in [3.63, 3.8) is 0 Å². The quantitative estimate of drug-likeness (QED) is 0.514. The van der Waals surface area contributed by atoms with Crippen LogP contribution in [0.4, 0.5) is 0 Å². The molecule has 0 aromatic heterocycles. The zero-order chi connectivity index (χ0) is 9.90. The van der Waals surface area contributed by atoms with Gasteiger partial charge in [0.25, 0.3) is 0 Å². The van der Waals surface area contributed by atoms with E-state index in [0.29, 0.717) is 0 Å². The van der Waals surface area contributed by atoms with Gasteiger partial charge in [-0.05, 0) is 39.5 Å². The van der Waals surface area contributed by atoms with Crippen LogP contribution in [0.15, 0.2) is 36.1 Å². The molecule has 0 aliphatic carbocycles. The molecule has 1 rings (SSSR count). The maximum absolute atomic E-state index is 2.26. The van der Waals surface area contributed by atoms with Crippen LogP contribution in [0.25, 0.3) is 0 Å².